The van der Waals surface area contributed by atoms with Gasteiger partial charge in [-0.15, -0.1) is 0 Å². The Kier molecular flexibility index (Phi) is 5.17. The molecule has 7 heteroatoms. The van der Waals surface area contributed by atoms with Crippen molar-refractivity contribution in [1.29, 1.82) is 0 Å². The number of carbonyl (C=O) groups is 2. The summed E-state index contributed by atoms with van der Waals surface area (Å²) in [7, 11) is 0. The van der Waals surface area contributed by atoms with Gasteiger partial charge in [0.2, 0.25) is 11.8 Å². The molecule has 0 unspecified atom stereocenters. The van der Waals surface area contributed by atoms with Gasteiger partial charge in [-0.05, 0) is 37.8 Å². The molecule has 7 nitrogen and oxygen atoms in total. The largest absolute Gasteiger partial charge is 0.353 e. The number of hydrogen-bond acceptors (Lipinski definition) is 5. The van der Waals surface area contributed by atoms with Crippen molar-refractivity contribution in [2.45, 2.75) is 62.8 Å². The van der Waals surface area contributed by atoms with Gasteiger partial charge in [-0.3, -0.25) is 19.5 Å². The van der Waals surface area contributed by atoms with Crippen molar-refractivity contribution in [3.8, 4) is 0 Å². The van der Waals surface area contributed by atoms with Crippen molar-refractivity contribution >= 4 is 11.8 Å². The molecule has 1 aromatic heterocycles. The zero-order chi connectivity index (χ0) is 17.9. The number of hydrogen-bond donors (Lipinski definition) is 3. The number of fused-ring (bicyclic) bond motifs is 1. The monoisotopic (exact) mass is 357 g/mol. The summed E-state index contributed by atoms with van der Waals surface area (Å²) in [5.74, 6) is 0.260. The Balaban J connectivity index is 1.29. The van der Waals surface area contributed by atoms with Crippen LogP contribution in [0.2, 0.25) is 0 Å². The molecular formula is C19H27N5O2. The van der Waals surface area contributed by atoms with Crippen LogP contribution in [0.3, 0.4) is 0 Å². The van der Waals surface area contributed by atoms with Crippen LogP contribution in [-0.2, 0) is 16.1 Å². The summed E-state index contributed by atoms with van der Waals surface area (Å²) >= 11 is 0. The van der Waals surface area contributed by atoms with Crippen LogP contribution in [0.25, 0.3) is 0 Å². The number of pyridine rings is 1. The molecule has 2 saturated heterocycles. The van der Waals surface area contributed by atoms with Gasteiger partial charge in [-0.25, -0.2) is 0 Å². The summed E-state index contributed by atoms with van der Waals surface area (Å²) in [6.45, 7) is 2.20. The molecule has 140 valence electrons. The summed E-state index contributed by atoms with van der Waals surface area (Å²) < 4.78 is 0. The molecule has 3 heterocycles. The van der Waals surface area contributed by atoms with Crippen LogP contribution in [-0.4, -0.2) is 59.0 Å². The minimum absolute atomic E-state index is 0.0820. The lowest BCUT2D eigenvalue weighted by Crippen LogP contribution is -2.58. The van der Waals surface area contributed by atoms with Crippen LogP contribution in [0.15, 0.2) is 24.4 Å². The molecule has 26 heavy (non-hydrogen) atoms. The van der Waals surface area contributed by atoms with Crippen molar-refractivity contribution in [2.75, 3.05) is 13.1 Å². The van der Waals surface area contributed by atoms with Crippen LogP contribution in [0.1, 0.15) is 37.8 Å². The van der Waals surface area contributed by atoms with Gasteiger partial charge < -0.3 is 16.0 Å². The smallest absolute Gasteiger partial charge is 0.237 e. The molecular weight excluding hydrogens is 330 g/mol. The Morgan fingerprint density at radius 3 is 2.96 bits per heavy atom. The standard InChI is InChI=1S/C19H27N5O2/c25-18(23-13-4-5-13)7-6-16-11-22-19(26)17-9-15(12-24(16)17)21-10-14-3-1-2-8-20-14/h1-3,8,13,15-17,21H,4-7,9-12H2,(H,22,26)(H,23,25)/t15-,16-,17-/m1/s1. The number of piperazine rings is 1. The molecule has 0 bridgehead atoms. The molecule has 0 radical (unpaired) electrons. The number of aromatic nitrogens is 1. The first kappa shape index (κ1) is 17.4. The molecule has 1 saturated carbocycles. The van der Waals surface area contributed by atoms with E-state index >= 15 is 0 Å². The van der Waals surface area contributed by atoms with Gasteiger partial charge in [0.15, 0.2) is 0 Å². The van der Waals surface area contributed by atoms with Gasteiger partial charge in [-0.2, -0.15) is 0 Å². The highest BCUT2D eigenvalue weighted by Gasteiger charge is 2.43. The van der Waals surface area contributed by atoms with E-state index in [4.69, 9.17) is 0 Å². The molecule has 1 aliphatic carbocycles. The van der Waals surface area contributed by atoms with E-state index < -0.39 is 0 Å². The Morgan fingerprint density at radius 2 is 2.19 bits per heavy atom. The molecule has 0 spiro atoms. The highest BCUT2D eigenvalue weighted by atomic mass is 16.2. The van der Waals surface area contributed by atoms with Crippen LogP contribution in [0, 0.1) is 0 Å². The fourth-order valence-corrected chi connectivity index (χ4v) is 3.97. The molecule has 3 N–H and O–H groups in total. The summed E-state index contributed by atoms with van der Waals surface area (Å²) in [5.41, 5.74) is 1.01. The minimum Gasteiger partial charge on any atom is -0.353 e. The third-order valence-electron chi connectivity index (χ3n) is 5.57. The van der Waals surface area contributed by atoms with Crippen molar-refractivity contribution in [2.24, 2.45) is 0 Å². The number of amides is 2. The Morgan fingerprint density at radius 1 is 1.31 bits per heavy atom. The maximum absolute atomic E-state index is 12.3. The average Bonchev–Trinajstić information content (AvgIpc) is 3.35. The van der Waals surface area contributed by atoms with Gasteiger partial charge in [-0.1, -0.05) is 6.07 Å². The van der Waals surface area contributed by atoms with E-state index in [1.807, 2.05) is 18.2 Å². The second kappa shape index (κ2) is 7.72. The zero-order valence-electron chi connectivity index (χ0n) is 15.0. The lowest BCUT2D eigenvalue weighted by atomic mass is 10.0. The van der Waals surface area contributed by atoms with E-state index in [2.05, 4.69) is 25.8 Å². The highest BCUT2D eigenvalue weighted by Crippen LogP contribution is 2.26. The van der Waals surface area contributed by atoms with E-state index in [0.717, 1.165) is 37.9 Å². The first-order valence-corrected chi connectivity index (χ1v) is 9.65. The first-order chi connectivity index (χ1) is 12.7. The third kappa shape index (κ3) is 4.22. The van der Waals surface area contributed by atoms with Crippen molar-refractivity contribution in [3.63, 3.8) is 0 Å². The maximum atomic E-state index is 12.3. The fraction of sp³-hybridized carbons (Fsp3) is 0.632. The molecule has 3 fully saturated rings. The average molecular weight is 357 g/mol. The van der Waals surface area contributed by atoms with Gasteiger partial charge in [0, 0.05) is 50.4 Å². The highest BCUT2D eigenvalue weighted by molar-refractivity contribution is 5.83. The normalized spacial score (nSPS) is 28.5. The number of nitrogens with one attached hydrogen (secondary N) is 3. The van der Waals surface area contributed by atoms with Gasteiger partial charge >= 0.3 is 0 Å². The molecule has 1 aromatic rings. The first-order valence-electron chi connectivity index (χ1n) is 9.65. The van der Waals surface area contributed by atoms with Crippen LogP contribution < -0.4 is 16.0 Å². The Hall–Kier alpha value is -1.99. The van der Waals surface area contributed by atoms with Crippen molar-refractivity contribution in [3.05, 3.63) is 30.1 Å². The van der Waals surface area contributed by atoms with Crippen molar-refractivity contribution < 1.29 is 9.59 Å². The summed E-state index contributed by atoms with van der Waals surface area (Å²) in [5, 5.41) is 9.60. The molecule has 3 aliphatic rings. The number of carbonyl (C=O) groups excluding carboxylic acids is 2. The molecule has 2 amide bonds. The number of rotatable bonds is 7. The number of nitrogens with zero attached hydrogens (tertiary/aromatic N) is 2. The second-order valence-corrected chi connectivity index (χ2v) is 7.63. The van der Waals surface area contributed by atoms with Gasteiger partial charge in [0.05, 0.1) is 11.7 Å². The van der Waals surface area contributed by atoms with Crippen LogP contribution in [0.5, 0.6) is 0 Å². The lowest BCUT2D eigenvalue weighted by Gasteiger charge is -2.37. The molecule has 2 aliphatic heterocycles. The predicted molar refractivity (Wildman–Crippen MR) is 97.2 cm³/mol. The Bertz CT molecular complexity index is 649. The fourth-order valence-electron chi connectivity index (χ4n) is 3.97. The second-order valence-electron chi connectivity index (χ2n) is 7.63. The van der Waals surface area contributed by atoms with E-state index in [1.165, 1.54) is 0 Å². The quantitative estimate of drug-likeness (QED) is 0.648. The van der Waals surface area contributed by atoms with Crippen LogP contribution in [0.4, 0.5) is 0 Å². The third-order valence-corrected chi connectivity index (χ3v) is 5.57. The summed E-state index contributed by atoms with van der Waals surface area (Å²) in [4.78, 5) is 30.9. The van der Waals surface area contributed by atoms with E-state index in [1.54, 1.807) is 6.20 Å². The van der Waals surface area contributed by atoms with E-state index in [9.17, 15) is 9.59 Å². The summed E-state index contributed by atoms with van der Waals surface area (Å²) in [6.07, 6.45) is 6.16. The predicted octanol–water partition coefficient (Wildman–Crippen LogP) is 0.171. The van der Waals surface area contributed by atoms with E-state index in [-0.39, 0.29) is 29.9 Å². The molecule has 4 rings (SSSR count). The molecule has 0 aromatic carbocycles. The lowest BCUT2D eigenvalue weighted by molar-refractivity contribution is -0.129. The van der Waals surface area contributed by atoms with Crippen LogP contribution >= 0.6 is 0 Å². The molecule has 3 atom stereocenters. The van der Waals surface area contributed by atoms with Crippen molar-refractivity contribution in [1.82, 2.24) is 25.8 Å². The topological polar surface area (TPSA) is 86.4 Å². The summed E-state index contributed by atoms with van der Waals surface area (Å²) in [6, 6.07) is 6.74. The SMILES string of the molecule is O=C(CC[C@@H]1CNC(=O)[C@H]2C[C@@H](NCc3ccccn3)CN12)NC1CC1. The van der Waals surface area contributed by atoms with Gasteiger partial charge in [0.1, 0.15) is 0 Å². The Labute approximate surface area is 153 Å². The maximum Gasteiger partial charge on any atom is 0.237 e. The van der Waals surface area contributed by atoms with Gasteiger partial charge in [0.25, 0.3) is 0 Å². The minimum atomic E-state index is -0.0820. The zero-order valence-corrected chi connectivity index (χ0v) is 15.0. The van der Waals surface area contributed by atoms with E-state index in [0.29, 0.717) is 25.6 Å².